The Balaban J connectivity index is 2.48. The summed E-state index contributed by atoms with van der Waals surface area (Å²) in [5.41, 5.74) is 1.07. The Morgan fingerprint density at radius 3 is 2.43 bits per heavy atom. The molecule has 0 spiro atoms. The molecule has 0 aliphatic rings. The van der Waals surface area contributed by atoms with Gasteiger partial charge in [-0.25, -0.2) is 4.39 Å². The Bertz CT molecular complexity index is 395. The van der Waals surface area contributed by atoms with Crippen LogP contribution in [0.25, 0.3) is 0 Å². The van der Waals surface area contributed by atoms with Crippen molar-refractivity contribution in [1.29, 1.82) is 0 Å². The lowest BCUT2D eigenvalue weighted by molar-refractivity contribution is 0.464. The third kappa shape index (κ3) is 7.42. The largest absolute Gasteiger partial charge is 0.310 e. The monoisotopic (exact) mass is 357 g/mol. The van der Waals surface area contributed by atoms with E-state index < -0.39 is 0 Å². The van der Waals surface area contributed by atoms with Gasteiger partial charge < -0.3 is 5.32 Å². The standard InChI is InChI=1S/C18H29BrFN/c1-3-5-6-7-8-9-10-18(21-13-4-2)15-11-12-16(19)17(20)14-15/h11-12,14,18,21H,3-10,13H2,1-2H3. The molecule has 0 heterocycles. The molecule has 0 radical (unpaired) electrons. The normalized spacial score (nSPS) is 12.6. The highest BCUT2D eigenvalue weighted by Gasteiger charge is 2.12. The molecule has 0 aliphatic heterocycles. The van der Waals surface area contributed by atoms with E-state index in [1.54, 1.807) is 6.07 Å². The van der Waals surface area contributed by atoms with Gasteiger partial charge >= 0.3 is 0 Å². The third-order valence-corrected chi connectivity index (χ3v) is 4.48. The van der Waals surface area contributed by atoms with Crippen LogP contribution in [-0.2, 0) is 0 Å². The van der Waals surface area contributed by atoms with Gasteiger partial charge in [0, 0.05) is 6.04 Å². The zero-order valence-electron chi connectivity index (χ0n) is 13.4. The van der Waals surface area contributed by atoms with Gasteiger partial charge in [-0.3, -0.25) is 0 Å². The summed E-state index contributed by atoms with van der Waals surface area (Å²) >= 11 is 3.22. The van der Waals surface area contributed by atoms with E-state index in [0.29, 0.717) is 4.47 Å². The predicted octanol–water partition coefficient (Wildman–Crippen LogP) is 6.38. The maximum absolute atomic E-state index is 13.7. The number of benzene rings is 1. The first kappa shape index (κ1) is 18.6. The molecule has 1 unspecified atom stereocenters. The number of hydrogen-bond acceptors (Lipinski definition) is 1. The Morgan fingerprint density at radius 1 is 1.05 bits per heavy atom. The van der Waals surface area contributed by atoms with Crippen LogP contribution in [0.1, 0.15) is 76.8 Å². The molecule has 1 atom stereocenters. The second-order valence-electron chi connectivity index (χ2n) is 5.74. The van der Waals surface area contributed by atoms with Crippen molar-refractivity contribution in [3.63, 3.8) is 0 Å². The van der Waals surface area contributed by atoms with Crippen LogP contribution in [0.4, 0.5) is 4.39 Å². The zero-order chi connectivity index (χ0) is 15.5. The van der Waals surface area contributed by atoms with Gasteiger partial charge in [-0.2, -0.15) is 0 Å². The second kappa shape index (κ2) is 11.2. The minimum absolute atomic E-state index is 0.168. The molecule has 1 aromatic rings. The molecule has 1 N–H and O–H groups in total. The van der Waals surface area contributed by atoms with Crippen molar-refractivity contribution < 1.29 is 4.39 Å². The summed E-state index contributed by atoms with van der Waals surface area (Å²) in [5.74, 6) is -0.168. The summed E-state index contributed by atoms with van der Waals surface area (Å²) in [7, 11) is 0. The molecule has 1 rings (SSSR count). The smallest absolute Gasteiger partial charge is 0.137 e. The molecule has 0 saturated carbocycles. The first-order valence-corrected chi connectivity index (χ1v) is 9.16. The average Bonchev–Trinajstić information content (AvgIpc) is 2.49. The summed E-state index contributed by atoms with van der Waals surface area (Å²) in [6, 6.07) is 5.78. The average molecular weight is 358 g/mol. The molecular weight excluding hydrogens is 329 g/mol. The van der Waals surface area contributed by atoms with E-state index in [-0.39, 0.29) is 11.9 Å². The highest BCUT2D eigenvalue weighted by Crippen LogP contribution is 2.24. The van der Waals surface area contributed by atoms with E-state index >= 15 is 0 Å². The van der Waals surface area contributed by atoms with E-state index in [2.05, 4.69) is 35.1 Å². The lowest BCUT2D eigenvalue weighted by Crippen LogP contribution is -2.22. The van der Waals surface area contributed by atoms with Crippen LogP contribution < -0.4 is 5.32 Å². The molecule has 0 saturated heterocycles. The van der Waals surface area contributed by atoms with Crippen molar-refractivity contribution in [2.24, 2.45) is 0 Å². The predicted molar refractivity (Wildman–Crippen MR) is 93.1 cm³/mol. The van der Waals surface area contributed by atoms with Gasteiger partial charge in [-0.05, 0) is 53.0 Å². The lowest BCUT2D eigenvalue weighted by atomic mass is 9.99. The molecule has 0 fully saturated rings. The van der Waals surface area contributed by atoms with Crippen LogP contribution in [0.2, 0.25) is 0 Å². The third-order valence-electron chi connectivity index (χ3n) is 3.83. The van der Waals surface area contributed by atoms with Gasteiger partial charge in [0.05, 0.1) is 4.47 Å². The van der Waals surface area contributed by atoms with Gasteiger partial charge in [-0.1, -0.05) is 58.4 Å². The van der Waals surface area contributed by atoms with E-state index in [9.17, 15) is 4.39 Å². The second-order valence-corrected chi connectivity index (χ2v) is 6.59. The van der Waals surface area contributed by atoms with Crippen LogP contribution in [0.15, 0.2) is 22.7 Å². The van der Waals surface area contributed by atoms with Crippen LogP contribution in [0, 0.1) is 5.82 Å². The fourth-order valence-corrected chi connectivity index (χ4v) is 2.81. The number of rotatable bonds is 11. The highest BCUT2D eigenvalue weighted by atomic mass is 79.9. The number of nitrogens with one attached hydrogen (secondary N) is 1. The summed E-state index contributed by atoms with van der Waals surface area (Å²) in [5, 5.41) is 3.55. The van der Waals surface area contributed by atoms with Gasteiger partial charge in [0.2, 0.25) is 0 Å². The van der Waals surface area contributed by atoms with Crippen molar-refractivity contribution in [3.8, 4) is 0 Å². The van der Waals surface area contributed by atoms with Crippen molar-refractivity contribution in [1.82, 2.24) is 5.32 Å². The van der Waals surface area contributed by atoms with Crippen molar-refractivity contribution in [3.05, 3.63) is 34.1 Å². The van der Waals surface area contributed by atoms with Gasteiger partial charge in [0.25, 0.3) is 0 Å². The number of unbranched alkanes of at least 4 members (excludes halogenated alkanes) is 5. The molecular formula is C18H29BrFN. The Labute approximate surface area is 137 Å². The molecule has 0 bridgehead atoms. The van der Waals surface area contributed by atoms with Crippen molar-refractivity contribution >= 4 is 15.9 Å². The topological polar surface area (TPSA) is 12.0 Å². The molecule has 0 aliphatic carbocycles. The fourth-order valence-electron chi connectivity index (χ4n) is 2.56. The molecule has 120 valence electrons. The molecule has 1 aromatic carbocycles. The van der Waals surface area contributed by atoms with Crippen LogP contribution in [-0.4, -0.2) is 6.54 Å². The number of halogens is 2. The minimum atomic E-state index is -0.168. The van der Waals surface area contributed by atoms with Crippen molar-refractivity contribution in [2.75, 3.05) is 6.54 Å². The number of hydrogen-bond donors (Lipinski definition) is 1. The van der Waals surface area contributed by atoms with Crippen LogP contribution in [0.5, 0.6) is 0 Å². The maximum atomic E-state index is 13.7. The Hall–Kier alpha value is -0.410. The zero-order valence-corrected chi connectivity index (χ0v) is 15.0. The van der Waals surface area contributed by atoms with Crippen LogP contribution >= 0.6 is 15.9 Å². The highest BCUT2D eigenvalue weighted by molar-refractivity contribution is 9.10. The molecule has 21 heavy (non-hydrogen) atoms. The Kier molecular flexibility index (Phi) is 9.94. The van der Waals surface area contributed by atoms with E-state index in [1.165, 1.54) is 38.5 Å². The minimum Gasteiger partial charge on any atom is -0.310 e. The van der Waals surface area contributed by atoms with Crippen molar-refractivity contribution in [2.45, 2.75) is 71.3 Å². The van der Waals surface area contributed by atoms with Gasteiger partial charge in [0.1, 0.15) is 5.82 Å². The molecule has 0 aromatic heterocycles. The quantitative estimate of drug-likeness (QED) is 0.453. The maximum Gasteiger partial charge on any atom is 0.137 e. The molecule has 3 heteroatoms. The summed E-state index contributed by atoms with van der Waals surface area (Å²) in [4.78, 5) is 0. The van der Waals surface area contributed by atoms with Gasteiger partial charge in [0.15, 0.2) is 0 Å². The first-order chi connectivity index (χ1) is 10.2. The summed E-state index contributed by atoms with van der Waals surface area (Å²) in [6.45, 7) is 5.39. The van der Waals surface area contributed by atoms with E-state index in [1.807, 2.05) is 12.1 Å². The summed E-state index contributed by atoms with van der Waals surface area (Å²) < 4.78 is 14.3. The lowest BCUT2D eigenvalue weighted by Gasteiger charge is -2.19. The first-order valence-electron chi connectivity index (χ1n) is 8.37. The fraction of sp³-hybridized carbons (Fsp3) is 0.667. The van der Waals surface area contributed by atoms with E-state index in [0.717, 1.165) is 24.9 Å². The Morgan fingerprint density at radius 2 is 1.76 bits per heavy atom. The van der Waals surface area contributed by atoms with Gasteiger partial charge in [-0.15, -0.1) is 0 Å². The SMILES string of the molecule is CCCCCCCCC(NCCC)c1ccc(Br)c(F)c1. The van der Waals surface area contributed by atoms with E-state index in [4.69, 9.17) is 0 Å². The molecule has 1 nitrogen and oxygen atoms in total. The summed E-state index contributed by atoms with van der Waals surface area (Å²) in [6.07, 6.45) is 9.99. The molecule has 0 amide bonds. The van der Waals surface area contributed by atoms with Crippen LogP contribution in [0.3, 0.4) is 0 Å².